The first-order valence-corrected chi connectivity index (χ1v) is 12.3. The Hall–Kier alpha value is -3.14. The summed E-state index contributed by atoms with van der Waals surface area (Å²) in [5.74, 6) is -0.274. The number of anilines is 1. The quantitative estimate of drug-likeness (QED) is 0.416. The van der Waals surface area contributed by atoms with Gasteiger partial charge < -0.3 is 5.32 Å². The molecule has 32 heavy (non-hydrogen) atoms. The van der Waals surface area contributed by atoms with Gasteiger partial charge in [-0.05, 0) is 56.3 Å². The number of aryl methyl sites for hydroxylation is 1. The minimum Gasteiger partial charge on any atom is -0.325 e. The maximum Gasteiger partial charge on any atom is 0.238 e. The predicted molar refractivity (Wildman–Crippen MR) is 128 cm³/mol. The van der Waals surface area contributed by atoms with Crippen LogP contribution < -0.4 is 10.5 Å². The number of nitrogens with one attached hydrogen (secondary N) is 1. The van der Waals surface area contributed by atoms with Gasteiger partial charge in [0, 0.05) is 11.4 Å². The molecule has 0 saturated heterocycles. The summed E-state index contributed by atoms with van der Waals surface area (Å²) in [6.07, 6.45) is 0. The lowest BCUT2D eigenvalue weighted by Crippen LogP contribution is -2.23. The summed E-state index contributed by atoms with van der Waals surface area (Å²) in [4.78, 5) is 17.5. The Balaban J connectivity index is 1.61. The minimum absolute atomic E-state index is 0.0585. The van der Waals surface area contributed by atoms with Crippen molar-refractivity contribution in [2.75, 3.05) is 5.32 Å². The van der Waals surface area contributed by atoms with Gasteiger partial charge in [0.1, 0.15) is 0 Å². The van der Waals surface area contributed by atoms with Crippen LogP contribution in [0.3, 0.4) is 0 Å². The molecule has 1 aromatic heterocycles. The number of benzene rings is 3. The van der Waals surface area contributed by atoms with Crippen LogP contribution >= 0.6 is 11.8 Å². The Bertz CT molecular complexity index is 1400. The van der Waals surface area contributed by atoms with Crippen LogP contribution in [0.1, 0.15) is 12.5 Å². The lowest BCUT2D eigenvalue weighted by atomic mass is 10.2. The van der Waals surface area contributed by atoms with Crippen LogP contribution in [0.2, 0.25) is 0 Å². The summed E-state index contributed by atoms with van der Waals surface area (Å²) in [7, 11) is -3.85. The maximum atomic E-state index is 12.8. The molecule has 9 heteroatoms. The van der Waals surface area contributed by atoms with Crippen molar-refractivity contribution in [1.29, 1.82) is 0 Å². The normalized spacial score (nSPS) is 12.6. The number of aromatic nitrogens is 2. The van der Waals surface area contributed by atoms with Crippen LogP contribution in [0.5, 0.6) is 0 Å². The largest absolute Gasteiger partial charge is 0.325 e. The highest BCUT2D eigenvalue weighted by atomic mass is 32.2. The number of amides is 1. The van der Waals surface area contributed by atoms with Crippen molar-refractivity contribution in [3.8, 4) is 5.69 Å². The van der Waals surface area contributed by atoms with Gasteiger partial charge in [0.15, 0.2) is 5.16 Å². The number of nitrogens with zero attached hydrogens (tertiary/aromatic N) is 2. The fourth-order valence-corrected chi connectivity index (χ4v) is 4.73. The molecule has 1 heterocycles. The molecule has 0 saturated carbocycles. The second kappa shape index (κ2) is 8.78. The topological polar surface area (TPSA) is 107 Å². The smallest absolute Gasteiger partial charge is 0.238 e. The molecule has 0 aliphatic carbocycles. The van der Waals surface area contributed by atoms with E-state index in [9.17, 15) is 13.2 Å². The summed E-state index contributed by atoms with van der Waals surface area (Å²) < 4.78 is 25.2. The lowest BCUT2D eigenvalue weighted by Gasteiger charge is -2.14. The predicted octanol–water partition coefficient (Wildman–Crippen LogP) is 4.10. The zero-order valence-corrected chi connectivity index (χ0v) is 19.2. The number of carbonyl (C=O) groups is 1. The lowest BCUT2D eigenvalue weighted by molar-refractivity contribution is -0.115. The first kappa shape index (κ1) is 22.1. The number of sulfonamides is 1. The Morgan fingerprint density at radius 1 is 1.06 bits per heavy atom. The third kappa shape index (κ3) is 4.69. The molecule has 1 amide bonds. The Labute approximate surface area is 190 Å². The maximum absolute atomic E-state index is 12.8. The Morgan fingerprint density at radius 2 is 1.78 bits per heavy atom. The summed E-state index contributed by atoms with van der Waals surface area (Å²) in [5, 5.41) is 8.14. The summed E-state index contributed by atoms with van der Waals surface area (Å²) in [6, 6.07) is 21.8. The molecule has 0 radical (unpaired) electrons. The molecule has 164 valence electrons. The van der Waals surface area contributed by atoms with E-state index in [1.54, 1.807) is 13.0 Å². The zero-order chi connectivity index (χ0) is 22.9. The number of imidazole rings is 1. The molecular formula is C23H22N4O3S2. The third-order valence-electron chi connectivity index (χ3n) is 4.90. The van der Waals surface area contributed by atoms with Crippen molar-refractivity contribution in [2.45, 2.75) is 29.1 Å². The number of carbonyl (C=O) groups excluding carboxylic acids is 1. The van der Waals surface area contributed by atoms with Gasteiger partial charge in [0.2, 0.25) is 15.9 Å². The monoisotopic (exact) mass is 466 g/mol. The Kier molecular flexibility index (Phi) is 6.05. The van der Waals surface area contributed by atoms with E-state index in [-0.39, 0.29) is 10.8 Å². The number of hydrogen-bond acceptors (Lipinski definition) is 5. The average molecular weight is 467 g/mol. The van der Waals surface area contributed by atoms with Crippen LogP contribution in [-0.2, 0) is 14.8 Å². The van der Waals surface area contributed by atoms with Crippen molar-refractivity contribution < 1.29 is 13.2 Å². The van der Waals surface area contributed by atoms with Crippen LogP contribution in [0, 0.1) is 6.92 Å². The first-order valence-electron chi connectivity index (χ1n) is 9.87. The fourth-order valence-electron chi connectivity index (χ4n) is 3.23. The van der Waals surface area contributed by atoms with Crippen molar-refractivity contribution in [1.82, 2.24) is 9.55 Å². The molecule has 0 aliphatic rings. The SMILES string of the molecule is Cc1ccc(-n2c(SC(C)C(=O)Nc3cccc(S(N)(=O)=O)c3)nc3ccccc32)cc1. The highest BCUT2D eigenvalue weighted by molar-refractivity contribution is 8.00. The van der Waals surface area contributed by atoms with E-state index in [2.05, 4.69) is 5.32 Å². The summed E-state index contributed by atoms with van der Waals surface area (Å²) in [5.41, 5.74) is 4.26. The number of fused-ring (bicyclic) bond motifs is 1. The molecule has 0 fully saturated rings. The highest BCUT2D eigenvalue weighted by Gasteiger charge is 2.21. The molecule has 4 aromatic rings. The summed E-state index contributed by atoms with van der Waals surface area (Å²) >= 11 is 1.33. The molecule has 7 nitrogen and oxygen atoms in total. The number of primary sulfonamides is 1. The number of para-hydroxylation sites is 2. The Morgan fingerprint density at radius 3 is 2.50 bits per heavy atom. The van der Waals surface area contributed by atoms with Crippen molar-refractivity contribution >= 4 is 44.4 Å². The highest BCUT2D eigenvalue weighted by Crippen LogP contribution is 2.31. The van der Waals surface area contributed by atoms with Crippen molar-refractivity contribution in [3.63, 3.8) is 0 Å². The van der Waals surface area contributed by atoms with Gasteiger partial charge in [-0.2, -0.15) is 0 Å². The second-order valence-electron chi connectivity index (χ2n) is 7.38. The molecule has 4 rings (SSSR count). The van der Waals surface area contributed by atoms with Crippen molar-refractivity contribution in [2.24, 2.45) is 5.14 Å². The van der Waals surface area contributed by atoms with E-state index in [4.69, 9.17) is 10.1 Å². The van der Waals surface area contributed by atoms with E-state index in [1.165, 1.54) is 30.0 Å². The summed E-state index contributed by atoms with van der Waals surface area (Å²) in [6.45, 7) is 3.81. The first-order chi connectivity index (χ1) is 15.2. The molecular weight excluding hydrogens is 444 g/mol. The van der Waals surface area contributed by atoms with Gasteiger partial charge >= 0.3 is 0 Å². The zero-order valence-electron chi connectivity index (χ0n) is 17.5. The second-order valence-corrected chi connectivity index (χ2v) is 10.2. The molecule has 3 N–H and O–H groups in total. The van der Waals surface area contributed by atoms with Crippen LogP contribution in [-0.4, -0.2) is 29.1 Å². The number of nitrogens with two attached hydrogens (primary N) is 1. The van der Waals surface area contributed by atoms with Gasteiger partial charge in [0.25, 0.3) is 0 Å². The van der Waals surface area contributed by atoms with E-state index in [0.717, 1.165) is 22.3 Å². The average Bonchev–Trinajstić information content (AvgIpc) is 3.11. The molecule has 0 spiro atoms. The number of rotatable bonds is 6. The van der Waals surface area contributed by atoms with Gasteiger partial charge in [-0.25, -0.2) is 18.5 Å². The third-order valence-corrected chi connectivity index (χ3v) is 6.87. The standard InChI is InChI=1S/C23H22N4O3S2/c1-15-10-12-18(13-11-15)27-21-9-4-3-8-20(21)26-23(27)31-16(2)22(28)25-17-6-5-7-19(14-17)32(24,29)30/h3-14,16H,1-2H3,(H,25,28)(H2,24,29,30). The van der Waals surface area contributed by atoms with Gasteiger partial charge in [0.05, 0.1) is 21.2 Å². The van der Waals surface area contributed by atoms with E-state index in [1.807, 2.05) is 60.0 Å². The molecule has 0 bridgehead atoms. The molecule has 1 unspecified atom stereocenters. The molecule has 3 aromatic carbocycles. The van der Waals surface area contributed by atoms with Gasteiger partial charge in [-0.15, -0.1) is 0 Å². The van der Waals surface area contributed by atoms with E-state index < -0.39 is 15.3 Å². The van der Waals surface area contributed by atoms with Crippen LogP contribution in [0.15, 0.2) is 82.8 Å². The van der Waals surface area contributed by atoms with Crippen LogP contribution in [0.25, 0.3) is 16.7 Å². The van der Waals surface area contributed by atoms with Crippen LogP contribution in [0.4, 0.5) is 5.69 Å². The molecule has 0 aliphatic heterocycles. The molecule has 1 atom stereocenters. The van der Waals surface area contributed by atoms with Gasteiger partial charge in [-0.3, -0.25) is 9.36 Å². The fraction of sp³-hybridized carbons (Fsp3) is 0.130. The number of thioether (sulfide) groups is 1. The van der Waals surface area contributed by atoms with E-state index in [0.29, 0.717) is 10.8 Å². The van der Waals surface area contributed by atoms with E-state index >= 15 is 0 Å². The number of hydrogen-bond donors (Lipinski definition) is 2. The minimum atomic E-state index is -3.85. The van der Waals surface area contributed by atoms with Gasteiger partial charge in [-0.1, -0.05) is 47.7 Å². The van der Waals surface area contributed by atoms with Crippen molar-refractivity contribution in [3.05, 3.63) is 78.4 Å².